The zero-order valence-electron chi connectivity index (χ0n) is 80.6. The summed E-state index contributed by atoms with van der Waals surface area (Å²) in [4.78, 5) is 34.3. The number of para-hydroxylation sites is 2. The SMILES string of the molecule is c1ccc(-c2cccc(-c3nc(-c4cccc(-c5cccc(-c6cccc7c6sc6ccccc67)c5)c4)nc4sc5ccccc5c34)c2)cc1.c1ccc(-c2nc(-c3cccc(-c4cccc(-c5ccc(-c6cccc7c6oc6ccccc67)cc5)c4)c3)nc3sc4ccccc4c23)cc1.c1ccc(-c2nc(-c3cccc(-c4cccc(-c5ccc(-c6cccc7c6sc6ccccc67)cc5)c4)c3)nc3sc4ccccc4c23)cc1. The molecule has 702 valence electrons. The lowest BCUT2D eigenvalue weighted by molar-refractivity contribution is 0.670. The van der Waals surface area contributed by atoms with Crippen LogP contribution >= 0.6 is 56.7 Å². The van der Waals surface area contributed by atoms with Crippen LogP contribution in [-0.4, -0.2) is 29.9 Å². The Morgan fingerprint density at radius 1 is 0.147 bits per heavy atom. The van der Waals surface area contributed by atoms with Crippen molar-refractivity contribution in [2.75, 3.05) is 0 Å². The van der Waals surface area contributed by atoms with Crippen LogP contribution in [0.15, 0.2) is 514 Å². The van der Waals surface area contributed by atoms with Gasteiger partial charge in [0.2, 0.25) is 0 Å². The molecule has 150 heavy (non-hydrogen) atoms. The van der Waals surface area contributed by atoms with E-state index in [4.69, 9.17) is 34.3 Å². The van der Waals surface area contributed by atoms with Crippen LogP contribution in [0.3, 0.4) is 0 Å². The number of thiophene rings is 5. The summed E-state index contributed by atoms with van der Waals surface area (Å²) in [5.41, 5.74) is 32.2. The predicted molar refractivity (Wildman–Crippen MR) is 639 cm³/mol. The van der Waals surface area contributed by atoms with Crippen molar-refractivity contribution in [3.05, 3.63) is 510 Å². The van der Waals surface area contributed by atoms with Gasteiger partial charge in [-0.3, -0.25) is 0 Å². The maximum atomic E-state index is 6.31. The Bertz CT molecular complexity index is 10100. The Morgan fingerprint density at radius 2 is 0.393 bits per heavy atom. The van der Waals surface area contributed by atoms with Gasteiger partial charge in [0, 0.05) is 136 Å². The number of benzene rings is 21. The second-order valence-electron chi connectivity index (χ2n) is 37.7. The highest BCUT2D eigenvalue weighted by Crippen LogP contribution is 2.49. The van der Waals surface area contributed by atoms with Gasteiger partial charge >= 0.3 is 0 Å². The summed E-state index contributed by atoms with van der Waals surface area (Å²) in [5, 5.41) is 14.5. The molecule has 0 N–H and O–H groups in total. The summed E-state index contributed by atoms with van der Waals surface area (Å²) < 4.78 is 15.3. The monoisotopic (exact) mass is 2000 g/mol. The first-order valence-electron chi connectivity index (χ1n) is 50.2. The van der Waals surface area contributed by atoms with Crippen LogP contribution < -0.4 is 0 Å². The molecular formula is C138H84N6OS5. The first kappa shape index (κ1) is 89.4. The van der Waals surface area contributed by atoms with Gasteiger partial charge in [0.05, 0.1) is 17.1 Å². The van der Waals surface area contributed by atoms with E-state index in [1.54, 1.807) is 34.0 Å². The normalized spacial score (nSPS) is 11.6. The summed E-state index contributed by atoms with van der Waals surface area (Å²) in [6.45, 7) is 0. The van der Waals surface area contributed by atoms with E-state index in [0.717, 1.165) is 171 Å². The number of fused-ring (bicyclic) bond motifs is 18. The molecule has 30 rings (SSSR count). The molecule has 0 atom stereocenters. The van der Waals surface area contributed by atoms with Crippen molar-refractivity contribution in [3.63, 3.8) is 0 Å². The van der Waals surface area contributed by atoms with E-state index < -0.39 is 0 Å². The smallest absolute Gasteiger partial charge is 0.161 e. The largest absolute Gasteiger partial charge is 0.455 e. The van der Waals surface area contributed by atoms with E-state index in [1.807, 2.05) is 46.9 Å². The fourth-order valence-electron chi connectivity index (χ4n) is 21.3. The molecule has 0 aliphatic rings. The van der Waals surface area contributed by atoms with Crippen LogP contribution in [-0.2, 0) is 0 Å². The first-order chi connectivity index (χ1) is 74.3. The van der Waals surface area contributed by atoms with Gasteiger partial charge in [0.25, 0.3) is 0 Å². The van der Waals surface area contributed by atoms with Crippen LogP contribution in [0.4, 0.5) is 0 Å². The highest BCUT2D eigenvalue weighted by molar-refractivity contribution is 7.27. The number of aromatic nitrogens is 6. The van der Waals surface area contributed by atoms with Crippen molar-refractivity contribution in [2.45, 2.75) is 0 Å². The molecule has 0 unspecified atom stereocenters. The van der Waals surface area contributed by atoms with E-state index in [-0.39, 0.29) is 0 Å². The summed E-state index contributed by atoms with van der Waals surface area (Å²) in [5.74, 6) is 2.21. The lowest BCUT2D eigenvalue weighted by atomic mass is 9.96. The fourth-order valence-corrected chi connectivity index (χ4v) is 27.0. The minimum Gasteiger partial charge on any atom is -0.455 e. The molecule has 21 aromatic carbocycles. The lowest BCUT2D eigenvalue weighted by Crippen LogP contribution is -1.94. The molecule has 12 heteroatoms. The van der Waals surface area contributed by atoms with E-state index in [0.29, 0.717) is 0 Å². The quantitative estimate of drug-likeness (QED) is 0.101. The zero-order valence-corrected chi connectivity index (χ0v) is 84.7. The topological polar surface area (TPSA) is 90.5 Å². The number of furan rings is 1. The van der Waals surface area contributed by atoms with Crippen LogP contribution in [0.1, 0.15) is 0 Å². The standard InChI is InChI=1S/C46H28N2OS.2C46H28N2S2/c1-2-11-31(12-3-1)43-42-39-18-5-7-22-41(39)50-46(42)48-45(47-43)35-16-9-15-34(28-35)33-14-8-13-32(27-33)29-23-25-30(26-24-29)36-19-10-20-38-37-17-4-6-21-40(37)49-44(36)38;1-2-12-29(13-3-1)30-14-9-18-34(27-30)43-42-39-21-5-7-25-41(39)50-46(42)48-45(47-43)35-19-10-16-32(28-35)31-15-8-17-33(26-31)36-22-11-23-38-37-20-4-6-24-40(37)49-44(36)38;1-2-11-31(12-3-1)43-42-39-18-5-7-22-41(39)50-46(42)48-45(47-43)35-16-9-15-34(28-35)33-14-8-13-32(27-33)29-23-25-30(26-24-29)36-19-10-20-38-37-17-4-6-21-40(37)49-44(36)38/h3*1-28H. The maximum Gasteiger partial charge on any atom is 0.161 e. The second-order valence-corrected chi connectivity index (χ2v) is 42.9. The average molecular weight is 2000 g/mol. The Hall–Kier alpha value is -18.2. The van der Waals surface area contributed by atoms with Crippen LogP contribution in [0.25, 0.3) is 291 Å². The fraction of sp³-hybridized carbons (Fsp3) is 0. The van der Waals surface area contributed by atoms with Gasteiger partial charge in [-0.2, -0.15) is 0 Å². The molecule has 0 bridgehead atoms. The summed E-state index contributed by atoms with van der Waals surface area (Å²) >= 11 is 8.93. The molecule has 30 aromatic rings. The van der Waals surface area contributed by atoms with E-state index in [1.165, 1.54) is 121 Å². The van der Waals surface area contributed by atoms with Crippen molar-refractivity contribution in [3.8, 4) is 168 Å². The third-order valence-corrected chi connectivity index (χ3v) is 34.2. The molecule has 0 spiro atoms. The highest BCUT2D eigenvalue weighted by atomic mass is 32.1. The van der Waals surface area contributed by atoms with Crippen LogP contribution in [0.2, 0.25) is 0 Å². The van der Waals surface area contributed by atoms with Crippen molar-refractivity contribution in [1.82, 2.24) is 29.9 Å². The van der Waals surface area contributed by atoms with E-state index in [2.05, 4.69) is 485 Å². The van der Waals surface area contributed by atoms with Gasteiger partial charge in [-0.05, 0) is 173 Å². The van der Waals surface area contributed by atoms with E-state index in [9.17, 15) is 0 Å². The third-order valence-electron chi connectivity index (χ3n) is 28.6. The van der Waals surface area contributed by atoms with Gasteiger partial charge < -0.3 is 4.42 Å². The number of hydrogen-bond acceptors (Lipinski definition) is 12. The highest BCUT2D eigenvalue weighted by Gasteiger charge is 2.25. The summed E-state index contributed by atoms with van der Waals surface area (Å²) in [6.07, 6.45) is 0. The zero-order chi connectivity index (χ0) is 99.1. The van der Waals surface area contributed by atoms with Gasteiger partial charge in [0.1, 0.15) is 25.7 Å². The molecule has 0 saturated heterocycles. The van der Waals surface area contributed by atoms with Crippen molar-refractivity contribution < 1.29 is 4.42 Å². The molecule has 0 aliphatic carbocycles. The molecule has 0 amide bonds. The summed E-state index contributed by atoms with van der Waals surface area (Å²) in [7, 11) is 0. The lowest BCUT2D eigenvalue weighted by Gasteiger charge is -2.11. The minimum absolute atomic E-state index is 0.732. The van der Waals surface area contributed by atoms with E-state index >= 15 is 0 Å². The Kier molecular flexibility index (Phi) is 22.8. The van der Waals surface area contributed by atoms with Crippen molar-refractivity contribution >= 4 is 180 Å². The van der Waals surface area contributed by atoms with Gasteiger partial charge in [0.15, 0.2) is 17.5 Å². The Labute approximate surface area is 884 Å². The van der Waals surface area contributed by atoms with Gasteiger partial charge in [-0.15, -0.1) is 56.7 Å². The van der Waals surface area contributed by atoms with Crippen LogP contribution in [0, 0.1) is 0 Å². The molecule has 0 saturated carbocycles. The molecule has 0 aliphatic heterocycles. The van der Waals surface area contributed by atoms with Crippen molar-refractivity contribution in [1.29, 1.82) is 0 Å². The van der Waals surface area contributed by atoms with Gasteiger partial charge in [-0.1, -0.05) is 431 Å². The number of hydrogen-bond donors (Lipinski definition) is 0. The molecule has 9 aromatic heterocycles. The number of nitrogens with zero attached hydrogens (tertiary/aromatic N) is 6. The first-order valence-corrected chi connectivity index (χ1v) is 54.3. The molecule has 0 fully saturated rings. The van der Waals surface area contributed by atoms with Gasteiger partial charge in [-0.25, -0.2) is 29.9 Å². The van der Waals surface area contributed by atoms with Crippen molar-refractivity contribution in [2.24, 2.45) is 0 Å². The Balaban J connectivity index is 0.000000108. The maximum absolute atomic E-state index is 6.31. The molecule has 7 nitrogen and oxygen atoms in total. The second kappa shape index (κ2) is 38.3. The van der Waals surface area contributed by atoms with Crippen LogP contribution in [0.5, 0.6) is 0 Å². The predicted octanol–water partition coefficient (Wildman–Crippen LogP) is 40.2. The summed E-state index contributed by atoms with van der Waals surface area (Å²) in [6, 6.07) is 181. The minimum atomic E-state index is 0.732. The number of rotatable bonds is 15. The third kappa shape index (κ3) is 16.6. The molecular weight excluding hydrogens is 1920 g/mol. The average Bonchev–Trinajstić information content (AvgIpc) is 1.59. The molecule has 9 heterocycles. The Morgan fingerprint density at radius 3 is 0.800 bits per heavy atom. The molecule has 0 radical (unpaired) electrons.